The molecular formula is C25H27NO3. The number of nitrogens with zero attached hydrogens (tertiary/aromatic N) is 1. The van der Waals surface area contributed by atoms with E-state index in [0.29, 0.717) is 25.3 Å². The Labute approximate surface area is 172 Å². The molecular weight excluding hydrogens is 362 g/mol. The highest BCUT2D eigenvalue weighted by Gasteiger charge is 2.17. The maximum Gasteiger partial charge on any atom is 0.181 e. The molecule has 0 amide bonds. The molecule has 150 valence electrons. The summed E-state index contributed by atoms with van der Waals surface area (Å²) in [6.45, 7) is 3.29. The number of carbonyl (C=O) groups excluding carboxylic acids is 1. The zero-order chi connectivity index (χ0) is 20.5. The van der Waals surface area contributed by atoms with Gasteiger partial charge in [0.2, 0.25) is 0 Å². The summed E-state index contributed by atoms with van der Waals surface area (Å²) in [4.78, 5) is 16.8. The predicted octanol–water partition coefficient (Wildman–Crippen LogP) is 5.23. The van der Waals surface area contributed by atoms with E-state index >= 15 is 0 Å². The summed E-state index contributed by atoms with van der Waals surface area (Å²) < 4.78 is 11.3. The van der Waals surface area contributed by atoms with Crippen molar-refractivity contribution in [1.82, 2.24) is 4.98 Å². The minimum Gasteiger partial charge on any atom is -0.497 e. The van der Waals surface area contributed by atoms with E-state index in [2.05, 4.69) is 30.1 Å². The van der Waals surface area contributed by atoms with Gasteiger partial charge in [-0.05, 0) is 53.3 Å². The van der Waals surface area contributed by atoms with E-state index in [-0.39, 0.29) is 11.7 Å². The zero-order valence-electron chi connectivity index (χ0n) is 17.0. The second-order valence-corrected chi connectivity index (χ2v) is 7.10. The van der Waals surface area contributed by atoms with Crippen LogP contribution < -0.4 is 4.74 Å². The van der Waals surface area contributed by atoms with Crippen LogP contribution in [0.5, 0.6) is 5.75 Å². The molecule has 4 nitrogen and oxygen atoms in total. The minimum atomic E-state index is 0.0483. The summed E-state index contributed by atoms with van der Waals surface area (Å²) in [7, 11) is 1.66. The van der Waals surface area contributed by atoms with Crippen molar-refractivity contribution in [1.29, 1.82) is 0 Å². The lowest BCUT2D eigenvalue weighted by atomic mass is 9.89. The Bertz CT molecular complexity index is 910. The highest BCUT2D eigenvalue weighted by atomic mass is 16.5. The molecule has 0 radical (unpaired) electrons. The maximum atomic E-state index is 12.6. The van der Waals surface area contributed by atoms with Crippen LogP contribution >= 0.6 is 0 Å². The average molecular weight is 389 g/mol. The van der Waals surface area contributed by atoms with Gasteiger partial charge in [0.05, 0.1) is 20.3 Å². The fourth-order valence-electron chi connectivity index (χ4n) is 3.35. The Balaban J connectivity index is 1.65. The third-order valence-electron chi connectivity index (χ3n) is 4.95. The Morgan fingerprint density at radius 1 is 1.03 bits per heavy atom. The summed E-state index contributed by atoms with van der Waals surface area (Å²) >= 11 is 0. The molecule has 0 aliphatic rings. The first-order valence-corrected chi connectivity index (χ1v) is 9.90. The van der Waals surface area contributed by atoms with E-state index in [1.165, 1.54) is 5.56 Å². The second-order valence-electron chi connectivity index (χ2n) is 7.10. The van der Waals surface area contributed by atoms with Gasteiger partial charge in [0, 0.05) is 12.6 Å². The molecule has 0 spiro atoms. The van der Waals surface area contributed by atoms with Crippen molar-refractivity contribution in [3.05, 3.63) is 95.3 Å². The van der Waals surface area contributed by atoms with Crippen LogP contribution in [0.4, 0.5) is 0 Å². The molecule has 1 heterocycles. The lowest BCUT2D eigenvalue weighted by Gasteiger charge is -2.17. The first-order chi connectivity index (χ1) is 14.2. The van der Waals surface area contributed by atoms with Crippen molar-refractivity contribution in [2.24, 2.45) is 0 Å². The van der Waals surface area contributed by atoms with Crippen LogP contribution in [-0.4, -0.2) is 24.5 Å². The van der Waals surface area contributed by atoms with E-state index in [1.54, 1.807) is 19.4 Å². The number of benzene rings is 2. The first kappa shape index (κ1) is 20.7. The molecule has 2 aromatic carbocycles. The summed E-state index contributed by atoms with van der Waals surface area (Å²) in [5.74, 6) is 0.905. The largest absolute Gasteiger partial charge is 0.497 e. The summed E-state index contributed by atoms with van der Waals surface area (Å²) in [6.07, 6.45) is 2.84. The molecule has 0 fully saturated rings. The van der Waals surface area contributed by atoms with E-state index < -0.39 is 0 Å². The Hall–Kier alpha value is -2.98. The van der Waals surface area contributed by atoms with Crippen LogP contribution in [0.25, 0.3) is 0 Å². The number of methoxy groups -OCH3 is 1. The molecule has 0 bridgehead atoms. The van der Waals surface area contributed by atoms with Crippen molar-refractivity contribution in [3.8, 4) is 5.75 Å². The second kappa shape index (κ2) is 10.5. The molecule has 0 unspecified atom stereocenters. The van der Waals surface area contributed by atoms with Gasteiger partial charge in [-0.25, -0.2) is 0 Å². The van der Waals surface area contributed by atoms with Gasteiger partial charge in [-0.1, -0.05) is 49.4 Å². The number of ketones is 1. The molecule has 0 aliphatic heterocycles. The maximum absolute atomic E-state index is 12.6. The van der Waals surface area contributed by atoms with E-state index in [1.807, 2.05) is 42.5 Å². The lowest BCUT2D eigenvalue weighted by Crippen LogP contribution is -2.10. The van der Waals surface area contributed by atoms with Gasteiger partial charge in [0.15, 0.2) is 5.78 Å². The van der Waals surface area contributed by atoms with Gasteiger partial charge >= 0.3 is 0 Å². The Morgan fingerprint density at radius 2 is 1.83 bits per heavy atom. The fraction of sp³-hybridized carbons (Fsp3) is 0.280. The number of carbonyl (C=O) groups is 1. The van der Waals surface area contributed by atoms with Crippen molar-refractivity contribution >= 4 is 5.78 Å². The van der Waals surface area contributed by atoms with Crippen molar-refractivity contribution < 1.29 is 14.3 Å². The van der Waals surface area contributed by atoms with Gasteiger partial charge < -0.3 is 9.47 Å². The van der Waals surface area contributed by atoms with E-state index in [0.717, 1.165) is 23.3 Å². The lowest BCUT2D eigenvalue weighted by molar-refractivity contribution is 0.0970. The standard InChI is InChI=1S/C25H27NO3/c1-19(16-25(27)24-10-6-7-14-26-24)23-17-22(28-2)12-11-21(23)13-15-29-18-20-8-4-3-5-9-20/h3-12,14,17,19H,13,15-16,18H2,1-2H3/t19-/m1/s1. The molecule has 3 aromatic rings. The summed E-state index contributed by atoms with van der Waals surface area (Å²) in [5, 5.41) is 0. The average Bonchev–Trinajstić information content (AvgIpc) is 2.78. The summed E-state index contributed by atoms with van der Waals surface area (Å²) in [5.41, 5.74) is 3.98. The molecule has 1 aromatic heterocycles. The molecule has 0 N–H and O–H groups in total. The number of Topliss-reactive ketones (excluding diaryl/α,β-unsaturated/α-hetero) is 1. The fourth-order valence-corrected chi connectivity index (χ4v) is 3.35. The SMILES string of the molecule is COc1ccc(CCOCc2ccccc2)c([C@H](C)CC(=O)c2ccccn2)c1. The van der Waals surface area contributed by atoms with E-state index in [9.17, 15) is 4.79 Å². The normalized spacial score (nSPS) is 11.8. The molecule has 4 heteroatoms. The molecule has 1 atom stereocenters. The van der Waals surface area contributed by atoms with Crippen LogP contribution in [0.3, 0.4) is 0 Å². The molecule has 29 heavy (non-hydrogen) atoms. The molecule has 3 rings (SSSR count). The quantitative estimate of drug-likeness (QED) is 0.352. The molecule has 0 saturated heterocycles. The molecule has 0 saturated carbocycles. The highest BCUT2D eigenvalue weighted by molar-refractivity contribution is 5.94. The van der Waals surface area contributed by atoms with E-state index in [4.69, 9.17) is 9.47 Å². The van der Waals surface area contributed by atoms with Crippen LogP contribution in [0.2, 0.25) is 0 Å². The predicted molar refractivity (Wildman–Crippen MR) is 114 cm³/mol. The van der Waals surface area contributed by atoms with Gasteiger partial charge in [-0.15, -0.1) is 0 Å². The number of rotatable bonds is 10. The number of pyridine rings is 1. The van der Waals surface area contributed by atoms with Crippen LogP contribution in [0.15, 0.2) is 72.9 Å². The van der Waals surface area contributed by atoms with Crippen molar-refractivity contribution in [3.63, 3.8) is 0 Å². The highest BCUT2D eigenvalue weighted by Crippen LogP contribution is 2.28. The number of hydrogen-bond acceptors (Lipinski definition) is 4. The molecule has 0 aliphatic carbocycles. The van der Waals surface area contributed by atoms with Crippen molar-refractivity contribution in [2.45, 2.75) is 32.3 Å². The van der Waals surface area contributed by atoms with Crippen LogP contribution in [-0.2, 0) is 17.8 Å². The van der Waals surface area contributed by atoms with Crippen LogP contribution in [0, 0.1) is 0 Å². The third-order valence-corrected chi connectivity index (χ3v) is 4.95. The third kappa shape index (κ3) is 6.00. The first-order valence-electron chi connectivity index (χ1n) is 9.90. The zero-order valence-corrected chi connectivity index (χ0v) is 17.0. The number of hydrogen-bond donors (Lipinski definition) is 0. The van der Waals surface area contributed by atoms with Gasteiger partial charge in [0.1, 0.15) is 11.4 Å². The topological polar surface area (TPSA) is 48.4 Å². The van der Waals surface area contributed by atoms with Gasteiger partial charge in [0.25, 0.3) is 0 Å². The van der Waals surface area contributed by atoms with Crippen molar-refractivity contribution in [2.75, 3.05) is 13.7 Å². The minimum absolute atomic E-state index is 0.0483. The number of ether oxygens (including phenoxy) is 2. The Morgan fingerprint density at radius 3 is 2.55 bits per heavy atom. The monoisotopic (exact) mass is 389 g/mol. The van der Waals surface area contributed by atoms with Gasteiger partial charge in [-0.2, -0.15) is 0 Å². The van der Waals surface area contributed by atoms with Crippen LogP contribution in [0.1, 0.15) is 46.4 Å². The summed E-state index contributed by atoms with van der Waals surface area (Å²) in [6, 6.07) is 21.6. The smallest absolute Gasteiger partial charge is 0.181 e. The number of aromatic nitrogens is 1. The van der Waals surface area contributed by atoms with Gasteiger partial charge in [-0.3, -0.25) is 9.78 Å². The Kier molecular flexibility index (Phi) is 7.54.